The highest BCUT2D eigenvalue weighted by molar-refractivity contribution is 5.96. The van der Waals surface area contributed by atoms with Crippen LogP contribution in [0.25, 0.3) is 11.1 Å². The van der Waals surface area contributed by atoms with Crippen LogP contribution in [0.1, 0.15) is 23.7 Å². The van der Waals surface area contributed by atoms with E-state index >= 15 is 0 Å². The van der Waals surface area contributed by atoms with E-state index in [9.17, 15) is 13.6 Å². The molecule has 1 aromatic carbocycles. The van der Waals surface area contributed by atoms with Crippen LogP contribution in [0.3, 0.4) is 0 Å². The fourth-order valence-corrected chi connectivity index (χ4v) is 1.63. The standard InChI is InChI=1S/C13H10F2N2O/c1-2-12(18)13-10(14)3-8(4-11(13)15)9-5-16-7-17-6-9/h3-7H,2H2,1H3. The number of rotatable bonds is 3. The van der Waals surface area contributed by atoms with Crippen LogP contribution in [0.4, 0.5) is 8.78 Å². The van der Waals surface area contributed by atoms with Gasteiger partial charge in [-0.25, -0.2) is 18.7 Å². The summed E-state index contributed by atoms with van der Waals surface area (Å²) in [5.74, 6) is -2.28. The quantitative estimate of drug-likeness (QED) is 0.784. The van der Waals surface area contributed by atoms with Crippen molar-refractivity contribution < 1.29 is 13.6 Å². The Balaban J connectivity index is 2.53. The molecule has 0 aliphatic rings. The Morgan fingerprint density at radius 2 is 1.67 bits per heavy atom. The molecule has 0 spiro atoms. The van der Waals surface area contributed by atoms with Crippen molar-refractivity contribution >= 4 is 5.78 Å². The van der Waals surface area contributed by atoms with Gasteiger partial charge in [0, 0.05) is 24.4 Å². The fraction of sp³-hybridized carbons (Fsp3) is 0.154. The van der Waals surface area contributed by atoms with Gasteiger partial charge in [0.1, 0.15) is 18.0 Å². The van der Waals surface area contributed by atoms with Crippen LogP contribution in [-0.2, 0) is 0 Å². The summed E-state index contributed by atoms with van der Waals surface area (Å²) in [5, 5.41) is 0. The Hall–Kier alpha value is -2.17. The Bertz CT molecular complexity index is 562. The SMILES string of the molecule is CCC(=O)c1c(F)cc(-c2cncnc2)cc1F. The summed E-state index contributed by atoms with van der Waals surface area (Å²) in [6, 6.07) is 2.23. The first-order valence-electron chi connectivity index (χ1n) is 5.41. The topological polar surface area (TPSA) is 42.9 Å². The molecule has 0 atom stereocenters. The van der Waals surface area contributed by atoms with Gasteiger partial charge < -0.3 is 0 Å². The molecule has 2 aromatic rings. The summed E-state index contributed by atoms with van der Waals surface area (Å²) in [4.78, 5) is 18.9. The van der Waals surface area contributed by atoms with Crippen molar-refractivity contribution in [3.8, 4) is 11.1 Å². The third-order valence-corrected chi connectivity index (χ3v) is 2.54. The van der Waals surface area contributed by atoms with Crippen molar-refractivity contribution in [1.82, 2.24) is 9.97 Å². The predicted octanol–water partition coefficient (Wildman–Crippen LogP) is 3.01. The van der Waals surface area contributed by atoms with Gasteiger partial charge in [0.05, 0.1) is 5.56 Å². The fourth-order valence-electron chi connectivity index (χ4n) is 1.63. The first kappa shape index (κ1) is 12.3. The lowest BCUT2D eigenvalue weighted by atomic mass is 10.0. The van der Waals surface area contributed by atoms with Gasteiger partial charge in [-0.3, -0.25) is 4.79 Å². The number of benzene rings is 1. The molecule has 0 amide bonds. The second-order valence-corrected chi connectivity index (χ2v) is 3.72. The van der Waals surface area contributed by atoms with Crippen LogP contribution in [0, 0.1) is 11.6 Å². The van der Waals surface area contributed by atoms with E-state index in [0.717, 1.165) is 12.1 Å². The Morgan fingerprint density at radius 3 is 2.17 bits per heavy atom. The van der Waals surface area contributed by atoms with E-state index in [2.05, 4.69) is 9.97 Å². The molecule has 0 bridgehead atoms. The predicted molar refractivity (Wildman–Crippen MR) is 62.0 cm³/mol. The number of halogens is 2. The first-order valence-corrected chi connectivity index (χ1v) is 5.41. The average molecular weight is 248 g/mol. The van der Waals surface area contributed by atoms with Gasteiger partial charge in [0.15, 0.2) is 5.78 Å². The molecule has 0 unspecified atom stereocenters. The van der Waals surface area contributed by atoms with Crippen LogP contribution in [0.2, 0.25) is 0 Å². The summed E-state index contributed by atoms with van der Waals surface area (Å²) >= 11 is 0. The van der Waals surface area contributed by atoms with Gasteiger partial charge in [-0.05, 0) is 17.7 Å². The van der Waals surface area contributed by atoms with Gasteiger partial charge in [-0.2, -0.15) is 0 Å². The molecule has 92 valence electrons. The molecule has 0 aliphatic heterocycles. The Kier molecular flexibility index (Phi) is 3.41. The second-order valence-electron chi connectivity index (χ2n) is 3.72. The molecule has 1 heterocycles. The smallest absolute Gasteiger partial charge is 0.168 e. The van der Waals surface area contributed by atoms with E-state index in [4.69, 9.17) is 0 Å². The van der Waals surface area contributed by atoms with Gasteiger partial charge in [0.2, 0.25) is 0 Å². The summed E-state index contributed by atoms with van der Waals surface area (Å²) in [6.07, 6.45) is 4.28. The van der Waals surface area contributed by atoms with Crippen LogP contribution >= 0.6 is 0 Å². The molecule has 3 nitrogen and oxygen atoms in total. The van der Waals surface area contributed by atoms with Gasteiger partial charge >= 0.3 is 0 Å². The molecule has 0 fully saturated rings. The number of ketones is 1. The highest BCUT2D eigenvalue weighted by atomic mass is 19.1. The average Bonchev–Trinajstić information content (AvgIpc) is 2.38. The molecule has 0 aliphatic carbocycles. The van der Waals surface area contributed by atoms with E-state index in [1.165, 1.54) is 18.7 Å². The Morgan fingerprint density at radius 1 is 1.11 bits per heavy atom. The van der Waals surface area contributed by atoms with Crippen molar-refractivity contribution in [3.63, 3.8) is 0 Å². The minimum absolute atomic E-state index is 0.0572. The largest absolute Gasteiger partial charge is 0.294 e. The lowest BCUT2D eigenvalue weighted by Crippen LogP contribution is -2.05. The van der Waals surface area contributed by atoms with Crippen LogP contribution in [0.15, 0.2) is 30.9 Å². The third-order valence-electron chi connectivity index (χ3n) is 2.54. The van der Waals surface area contributed by atoms with Crippen molar-refractivity contribution in [2.45, 2.75) is 13.3 Å². The molecule has 5 heteroatoms. The highest BCUT2D eigenvalue weighted by Crippen LogP contribution is 2.24. The molecule has 2 rings (SSSR count). The lowest BCUT2D eigenvalue weighted by Gasteiger charge is -2.06. The molecule has 0 radical (unpaired) electrons. The normalized spacial score (nSPS) is 10.4. The molecular formula is C13H10F2N2O. The molecule has 18 heavy (non-hydrogen) atoms. The van der Waals surface area contributed by atoms with Gasteiger partial charge in [0.25, 0.3) is 0 Å². The molecular weight excluding hydrogens is 238 g/mol. The second kappa shape index (κ2) is 5.00. The minimum atomic E-state index is -0.860. The molecule has 0 N–H and O–H groups in total. The monoisotopic (exact) mass is 248 g/mol. The summed E-state index contributed by atoms with van der Waals surface area (Å²) < 4.78 is 27.5. The number of carbonyl (C=O) groups is 1. The zero-order valence-electron chi connectivity index (χ0n) is 9.65. The lowest BCUT2D eigenvalue weighted by molar-refractivity contribution is 0.0980. The zero-order chi connectivity index (χ0) is 13.1. The van der Waals surface area contributed by atoms with E-state index in [1.807, 2.05) is 0 Å². The van der Waals surface area contributed by atoms with Crippen molar-refractivity contribution in [3.05, 3.63) is 48.1 Å². The van der Waals surface area contributed by atoms with E-state index in [-0.39, 0.29) is 6.42 Å². The third kappa shape index (κ3) is 2.25. The summed E-state index contributed by atoms with van der Waals surface area (Å²) in [5.41, 5.74) is 0.308. The summed E-state index contributed by atoms with van der Waals surface area (Å²) in [7, 11) is 0. The number of Topliss-reactive ketones (excluding diaryl/α,β-unsaturated/α-hetero) is 1. The highest BCUT2D eigenvalue weighted by Gasteiger charge is 2.17. The van der Waals surface area contributed by atoms with Crippen LogP contribution < -0.4 is 0 Å². The van der Waals surface area contributed by atoms with E-state index < -0.39 is 23.0 Å². The van der Waals surface area contributed by atoms with Gasteiger partial charge in [-0.1, -0.05) is 6.92 Å². The van der Waals surface area contributed by atoms with Crippen LogP contribution in [0.5, 0.6) is 0 Å². The number of aromatic nitrogens is 2. The van der Waals surface area contributed by atoms with Gasteiger partial charge in [-0.15, -0.1) is 0 Å². The van der Waals surface area contributed by atoms with Crippen molar-refractivity contribution in [2.75, 3.05) is 0 Å². The maximum atomic E-state index is 13.7. The summed E-state index contributed by atoms with van der Waals surface area (Å²) in [6.45, 7) is 1.56. The van der Waals surface area contributed by atoms with Crippen LogP contribution in [-0.4, -0.2) is 15.8 Å². The molecule has 0 saturated carbocycles. The first-order chi connectivity index (χ1) is 8.63. The zero-order valence-corrected chi connectivity index (χ0v) is 9.65. The minimum Gasteiger partial charge on any atom is -0.294 e. The number of hydrogen-bond donors (Lipinski definition) is 0. The molecule has 0 saturated heterocycles. The Labute approximate surface area is 103 Å². The number of nitrogens with zero attached hydrogens (tertiary/aromatic N) is 2. The van der Waals surface area contributed by atoms with E-state index in [1.54, 1.807) is 6.92 Å². The number of hydrogen-bond acceptors (Lipinski definition) is 3. The van der Waals surface area contributed by atoms with Crippen molar-refractivity contribution in [2.24, 2.45) is 0 Å². The number of carbonyl (C=O) groups excluding carboxylic acids is 1. The van der Waals surface area contributed by atoms with E-state index in [0.29, 0.717) is 11.1 Å². The maximum Gasteiger partial charge on any atom is 0.168 e. The molecule has 1 aromatic heterocycles. The maximum absolute atomic E-state index is 13.7. The van der Waals surface area contributed by atoms with Crippen molar-refractivity contribution in [1.29, 1.82) is 0 Å².